The Morgan fingerprint density at radius 1 is 1.06 bits per heavy atom. The molecule has 0 unspecified atom stereocenters. The third-order valence-electron chi connectivity index (χ3n) is 4.98. The number of halogens is 3. The average Bonchev–Trinajstić information content (AvgIpc) is 3.30. The van der Waals surface area contributed by atoms with Crippen LogP contribution in [0.5, 0.6) is 0 Å². The molecule has 31 heavy (non-hydrogen) atoms. The smallest absolute Gasteiger partial charge is 0.342 e. The molecule has 0 bridgehead atoms. The van der Waals surface area contributed by atoms with Gasteiger partial charge >= 0.3 is 6.18 Å². The van der Waals surface area contributed by atoms with Crippen molar-refractivity contribution in [1.29, 1.82) is 0 Å². The highest BCUT2D eigenvalue weighted by Crippen LogP contribution is 2.31. The van der Waals surface area contributed by atoms with Gasteiger partial charge in [-0.15, -0.1) is 0 Å². The molecule has 1 aliphatic rings. The quantitative estimate of drug-likeness (QED) is 0.651. The van der Waals surface area contributed by atoms with Crippen molar-refractivity contribution in [2.24, 2.45) is 0 Å². The van der Waals surface area contributed by atoms with Gasteiger partial charge in [-0.1, -0.05) is 12.1 Å². The number of nitrogens with zero attached hydrogens (tertiary/aromatic N) is 4. The molecule has 3 aromatic rings. The lowest BCUT2D eigenvalue weighted by atomic mass is 10.1. The number of rotatable bonds is 5. The molecule has 160 valence electrons. The molecule has 9 heteroatoms. The summed E-state index contributed by atoms with van der Waals surface area (Å²) in [5.41, 5.74) is 0.739. The fourth-order valence-corrected chi connectivity index (χ4v) is 3.39. The lowest BCUT2D eigenvalue weighted by Gasteiger charge is -2.15. The number of hydrogen-bond donors (Lipinski definition) is 1. The first-order chi connectivity index (χ1) is 14.9. The highest BCUT2D eigenvalue weighted by molar-refractivity contribution is 5.79. The van der Waals surface area contributed by atoms with Crippen molar-refractivity contribution in [2.75, 3.05) is 18.4 Å². The predicted molar refractivity (Wildman–Crippen MR) is 110 cm³/mol. The Balaban J connectivity index is 1.53. The number of benzene rings is 1. The van der Waals surface area contributed by atoms with Gasteiger partial charge in [0, 0.05) is 42.8 Å². The van der Waals surface area contributed by atoms with Crippen LogP contribution in [0.3, 0.4) is 0 Å². The standard InChI is InChI=1S/C22H20F3N5O/c23-22(24,25)18-13-19(29-21(28-18)16-4-3-9-26-14-16)27-17-7-5-15(6-8-17)12-20(31)30-10-1-2-11-30/h3-9,13-14H,1-2,10-12H2,(H,27,28,29). The Labute approximate surface area is 177 Å². The summed E-state index contributed by atoms with van der Waals surface area (Å²) in [6.07, 6.45) is 0.688. The Bertz CT molecular complexity index is 1050. The molecule has 2 aromatic heterocycles. The van der Waals surface area contributed by atoms with E-state index in [1.807, 2.05) is 4.90 Å². The molecule has 1 fully saturated rings. The Morgan fingerprint density at radius 3 is 2.45 bits per heavy atom. The van der Waals surface area contributed by atoms with E-state index in [0.717, 1.165) is 37.6 Å². The van der Waals surface area contributed by atoms with E-state index in [1.165, 1.54) is 12.4 Å². The van der Waals surface area contributed by atoms with E-state index in [2.05, 4.69) is 20.3 Å². The van der Waals surface area contributed by atoms with E-state index in [9.17, 15) is 18.0 Å². The largest absolute Gasteiger partial charge is 0.433 e. The van der Waals surface area contributed by atoms with E-state index in [-0.39, 0.29) is 17.5 Å². The lowest BCUT2D eigenvalue weighted by Crippen LogP contribution is -2.29. The zero-order valence-corrected chi connectivity index (χ0v) is 16.6. The highest BCUT2D eigenvalue weighted by atomic mass is 19.4. The topological polar surface area (TPSA) is 71.0 Å². The van der Waals surface area contributed by atoms with Crippen LogP contribution in [0.1, 0.15) is 24.1 Å². The van der Waals surface area contributed by atoms with Crippen LogP contribution in [0.2, 0.25) is 0 Å². The number of likely N-dealkylation sites (tertiary alicyclic amines) is 1. The number of nitrogens with one attached hydrogen (secondary N) is 1. The molecule has 0 aliphatic carbocycles. The summed E-state index contributed by atoms with van der Waals surface area (Å²) in [5.74, 6) is 0.0327. The van der Waals surface area contributed by atoms with Crippen LogP contribution in [0.15, 0.2) is 54.9 Å². The lowest BCUT2D eigenvalue weighted by molar-refractivity contribution is -0.141. The van der Waals surface area contributed by atoms with Crippen molar-refractivity contribution in [3.8, 4) is 11.4 Å². The summed E-state index contributed by atoms with van der Waals surface area (Å²) in [4.78, 5) is 25.9. The summed E-state index contributed by atoms with van der Waals surface area (Å²) in [6, 6.07) is 11.1. The second-order valence-corrected chi connectivity index (χ2v) is 7.29. The minimum Gasteiger partial charge on any atom is -0.342 e. The van der Waals surface area contributed by atoms with Gasteiger partial charge in [0.05, 0.1) is 6.42 Å². The number of alkyl halides is 3. The van der Waals surface area contributed by atoms with Crippen LogP contribution in [-0.2, 0) is 17.4 Å². The minimum atomic E-state index is -4.61. The number of pyridine rings is 1. The Morgan fingerprint density at radius 2 is 1.81 bits per heavy atom. The fourth-order valence-electron chi connectivity index (χ4n) is 3.39. The average molecular weight is 427 g/mol. The zero-order valence-electron chi connectivity index (χ0n) is 16.6. The number of hydrogen-bond acceptors (Lipinski definition) is 5. The maximum absolute atomic E-state index is 13.3. The molecule has 4 rings (SSSR count). The molecular formula is C22H20F3N5O. The van der Waals surface area contributed by atoms with Gasteiger partial charge in [0.15, 0.2) is 11.5 Å². The number of amides is 1. The van der Waals surface area contributed by atoms with Gasteiger partial charge in [-0.05, 0) is 42.7 Å². The van der Waals surface area contributed by atoms with E-state index in [0.29, 0.717) is 17.7 Å². The van der Waals surface area contributed by atoms with Crippen molar-refractivity contribution in [1.82, 2.24) is 19.9 Å². The van der Waals surface area contributed by atoms with Crippen LogP contribution in [0.25, 0.3) is 11.4 Å². The summed E-state index contributed by atoms with van der Waals surface area (Å²) in [6.45, 7) is 1.60. The number of anilines is 2. The molecule has 1 aliphatic heterocycles. The van der Waals surface area contributed by atoms with E-state index >= 15 is 0 Å². The molecule has 0 atom stereocenters. The predicted octanol–water partition coefficient (Wildman–Crippen LogP) is 4.47. The Hall–Kier alpha value is -3.49. The van der Waals surface area contributed by atoms with Crippen molar-refractivity contribution in [2.45, 2.75) is 25.4 Å². The molecule has 1 N–H and O–H groups in total. The van der Waals surface area contributed by atoms with Crippen molar-refractivity contribution >= 4 is 17.4 Å². The van der Waals surface area contributed by atoms with Gasteiger partial charge in [0.25, 0.3) is 0 Å². The van der Waals surface area contributed by atoms with E-state index in [4.69, 9.17) is 0 Å². The second kappa shape index (κ2) is 8.71. The number of aromatic nitrogens is 3. The fraction of sp³-hybridized carbons (Fsp3) is 0.273. The molecule has 0 saturated carbocycles. The zero-order chi connectivity index (χ0) is 21.8. The number of carbonyl (C=O) groups excluding carboxylic acids is 1. The van der Waals surface area contributed by atoms with Crippen molar-refractivity contribution < 1.29 is 18.0 Å². The van der Waals surface area contributed by atoms with Gasteiger partial charge in [-0.3, -0.25) is 9.78 Å². The monoisotopic (exact) mass is 427 g/mol. The summed E-state index contributed by atoms with van der Waals surface area (Å²) >= 11 is 0. The molecule has 0 spiro atoms. The summed E-state index contributed by atoms with van der Waals surface area (Å²) < 4.78 is 40.0. The maximum Gasteiger partial charge on any atom is 0.433 e. The van der Waals surface area contributed by atoms with Crippen LogP contribution in [0, 0.1) is 0 Å². The van der Waals surface area contributed by atoms with E-state index < -0.39 is 11.9 Å². The van der Waals surface area contributed by atoms with Gasteiger partial charge in [-0.2, -0.15) is 13.2 Å². The van der Waals surface area contributed by atoms with Gasteiger partial charge < -0.3 is 10.2 Å². The number of carbonyl (C=O) groups is 1. The van der Waals surface area contributed by atoms with Crippen molar-refractivity contribution in [3.63, 3.8) is 0 Å². The molecule has 1 amide bonds. The first kappa shape index (κ1) is 20.8. The molecular weight excluding hydrogens is 407 g/mol. The molecule has 1 saturated heterocycles. The van der Waals surface area contributed by atoms with Crippen LogP contribution in [0.4, 0.5) is 24.7 Å². The highest BCUT2D eigenvalue weighted by Gasteiger charge is 2.34. The van der Waals surface area contributed by atoms with Gasteiger partial charge in [-0.25, -0.2) is 9.97 Å². The van der Waals surface area contributed by atoms with E-state index in [1.54, 1.807) is 36.4 Å². The van der Waals surface area contributed by atoms with Crippen molar-refractivity contribution in [3.05, 3.63) is 66.1 Å². The SMILES string of the molecule is O=C(Cc1ccc(Nc2cc(C(F)(F)F)nc(-c3cccnc3)n2)cc1)N1CCCC1. The Kier molecular flexibility index (Phi) is 5.83. The summed E-state index contributed by atoms with van der Waals surface area (Å²) in [7, 11) is 0. The second-order valence-electron chi connectivity index (χ2n) is 7.29. The maximum atomic E-state index is 13.3. The molecule has 1 aromatic carbocycles. The molecule has 0 radical (unpaired) electrons. The third kappa shape index (κ3) is 5.17. The summed E-state index contributed by atoms with van der Waals surface area (Å²) in [5, 5.41) is 2.90. The molecule has 6 nitrogen and oxygen atoms in total. The minimum absolute atomic E-state index is 0.0158. The first-order valence-corrected chi connectivity index (χ1v) is 9.89. The van der Waals surface area contributed by atoms with Crippen LogP contribution in [-0.4, -0.2) is 38.8 Å². The van der Waals surface area contributed by atoms with Gasteiger partial charge in [0.2, 0.25) is 5.91 Å². The van der Waals surface area contributed by atoms with Gasteiger partial charge in [0.1, 0.15) is 5.82 Å². The normalized spacial score (nSPS) is 14.0. The third-order valence-corrected chi connectivity index (χ3v) is 4.98. The first-order valence-electron chi connectivity index (χ1n) is 9.89. The van der Waals surface area contributed by atoms with Crippen LogP contribution < -0.4 is 5.32 Å². The molecule has 3 heterocycles. The van der Waals surface area contributed by atoms with Crippen LogP contribution >= 0.6 is 0 Å².